The fourth-order valence-electron chi connectivity index (χ4n) is 7.02. The predicted octanol–water partition coefficient (Wildman–Crippen LogP) is 11.5. The van der Waals surface area contributed by atoms with Crippen LogP contribution in [0.2, 0.25) is 0 Å². The van der Waals surface area contributed by atoms with Gasteiger partial charge in [0.15, 0.2) is 17.5 Å². The summed E-state index contributed by atoms with van der Waals surface area (Å²) in [6.07, 6.45) is 0. The average Bonchev–Trinajstić information content (AvgIpc) is 3.72. The van der Waals surface area contributed by atoms with Crippen molar-refractivity contribution in [2.24, 2.45) is 0 Å². The molecule has 0 saturated carbocycles. The molecule has 10 rings (SSSR count). The van der Waals surface area contributed by atoms with Crippen LogP contribution < -0.4 is 0 Å². The Hall–Kier alpha value is -6.85. The number of hydrogen-bond acceptors (Lipinski definition) is 4. The lowest BCUT2D eigenvalue weighted by Gasteiger charge is -2.10. The van der Waals surface area contributed by atoms with Crippen molar-refractivity contribution in [3.05, 3.63) is 170 Å². The van der Waals surface area contributed by atoms with Crippen molar-refractivity contribution < 1.29 is 4.42 Å². The van der Waals surface area contributed by atoms with Gasteiger partial charge in [0.2, 0.25) is 0 Å². The predicted molar refractivity (Wildman–Crippen MR) is 203 cm³/mol. The van der Waals surface area contributed by atoms with Crippen LogP contribution in [0.1, 0.15) is 0 Å². The maximum absolute atomic E-state index is 6.26. The van der Waals surface area contributed by atoms with E-state index in [1.54, 1.807) is 0 Å². The Labute approximate surface area is 287 Å². The molecule has 0 aliphatic heterocycles. The van der Waals surface area contributed by atoms with Crippen molar-refractivity contribution in [3.8, 4) is 51.0 Å². The topological polar surface area (TPSA) is 56.7 Å². The van der Waals surface area contributed by atoms with Gasteiger partial charge < -0.3 is 8.98 Å². The number of rotatable bonds is 5. The molecular formula is C45H28N4O. The largest absolute Gasteiger partial charge is 0.456 e. The summed E-state index contributed by atoms with van der Waals surface area (Å²) in [5.41, 5.74) is 10.3. The molecule has 234 valence electrons. The van der Waals surface area contributed by atoms with Crippen molar-refractivity contribution in [1.29, 1.82) is 0 Å². The van der Waals surface area contributed by atoms with Gasteiger partial charge >= 0.3 is 0 Å². The molecule has 0 bridgehead atoms. The minimum atomic E-state index is 0.644. The van der Waals surface area contributed by atoms with Crippen LogP contribution >= 0.6 is 0 Å². The van der Waals surface area contributed by atoms with Crippen LogP contribution in [0.15, 0.2) is 174 Å². The van der Waals surface area contributed by atoms with Gasteiger partial charge in [-0.25, -0.2) is 15.0 Å². The second-order valence-corrected chi connectivity index (χ2v) is 12.5. The molecule has 0 spiro atoms. The van der Waals surface area contributed by atoms with Gasteiger partial charge in [0.05, 0.1) is 11.0 Å². The molecule has 3 heterocycles. The first-order valence-electron chi connectivity index (χ1n) is 16.7. The summed E-state index contributed by atoms with van der Waals surface area (Å²) < 4.78 is 8.61. The highest BCUT2D eigenvalue weighted by Crippen LogP contribution is 2.38. The highest BCUT2D eigenvalue weighted by molar-refractivity contribution is 6.17. The quantitative estimate of drug-likeness (QED) is 0.188. The molecule has 7 aromatic carbocycles. The monoisotopic (exact) mass is 640 g/mol. The Kier molecular flexibility index (Phi) is 6.42. The van der Waals surface area contributed by atoms with Crippen molar-refractivity contribution in [3.63, 3.8) is 0 Å². The summed E-state index contributed by atoms with van der Waals surface area (Å²) in [4.78, 5) is 14.6. The van der Waals surface area contributed by atoms with Gasteiger partial charge in [-0.2, -0.15) is 0 Å². The first kappa shape index (κ1) is 28.2. The van der Waals surface area contributed by atoms with Gasteiger partial charge in [0, 0.05) is 43.9 Å². The average molecular weight is 641 g/mol. The number of fused-ring (bicyclic) bond motifs is 6. The van der Waals surface area contributed by atoms with Gasteiger partial charge in [0.1, 0.15) is 11.2 Å². The van der Waals surface area contributed by atoms with E-state index in [1.807, 2.05) is 72.8 Å². The molecule has 0 unspecified atom stereocenters. The summed E-state index contributed by atoms with van der Waals surface area (Å²) in [5.74, 6) is 1.95. The van der Waals surface area contributed by atoms with E-state index in [2.05, 4.69) is 102 Å². The SMILES string of the molecule is c1ccc(-c2nc(-c3ccccc3)nc(-c3ccc(-c4ccc(-n5c6ccccc6c6cc7oc8ccccc8c7cc65)cc4)cc3)n2)cc1. The van der Waals surface area contributed by atoms with Gasteiger partial charge in [-0.05, 0) is 47.5 Å². The second kappa shape index (κ2) is 11.4. The lowest BCUT2D eigenvalue weighted by molar-refractivity contribution is 0.669. The molecule has 0 aliphatic rings. The summed E-state index contributed by atoms with van der Waals surface area (Å²) in [6, 6.07) is 58.7. The highest BCUT2D eigenvalue weighted by atomic mass is 16.3. The van der Waals surface area contributed by atoms with Crippen LogP contribution in [0.3, 0.4) is 0 Å². The molecule has 10 aromatic rings. The first-order valence-corrected chi connectivity index (χ1v) is 16.7. The summed E-state index contributed by atoms with van der Waals surface area (Å²) in [7, 11) is 0. The zero-order valence-corrected chi connectivity index (χ0v) is 26.9. The fraction of sp³-hybridized carbons (Fsp3) is 0. The smallest absolute Gasteiger partial charge is 0.164 e. The van der Waals surface area contributed by atoms with Gasteiger partial charge in [-0.1, -0.05) is 133 Å². The van der Waals surface area contributed by atoms with E-state index in [1.165, 1.54) is 16.3 Å². The Morgan fingerprint density at radius 2 is 0.840 bits per heavy atom. The van der Waals surface area contributed by atoms with E-state index in [4.69, 9.17) is 19.4 Å². The van der Waals surface area contributed by atoms with Crippen molar-refractivity contribution in [1.82, 2.24) is 19.5 Å². The molecule has 3 aromatic heterocycles. The minimum Gasteiger partial charge on any atom is -0.456 e. The van der Waals surface area contributed by atoms with Crippen LogP contribution in [0, 0.1) is 0 Å². The second-order valence-electron chi connectivity index (χ2n) is 12.5. The molecule has 0 radical (unpaired) electrons. The summed E-state index contributed by atoms with van der Waals surface area (Å²) in [5, 5.41) is 4.63. The number of benzene rings is 7. The third kappa shape index (κ3) is 4.67. The Morgan fingerprint density at radius 3 is 1.48 bits per heavy atom. The number of para-hydroxylation sites is 2. The molecule has 0 saturated heterocycles. The number of hydrogen-bond donors (Lipinski definition) is 0. The van der Waals surface area contributed by atoms with Crippen molar-refractivity contribution >= 4 is 43.7 Å². The zero-order valence-electron chi connectivity index (χ0n) is 26.9. The molecule has 50 heavy (non-hydrogen) atoms. The van der Waals surface area contributed by atoms with Crippen molar-refractivity contribution in [2.75, 3.05) is 0 Å². The summed E-state index contributed by atoms with van der Waals surface area (Å²) in [6.45, 7) is 0. The minimum absolute atomic E-state index is 0.644. The molecule has 0 aliphatic carbocycles. The molecule has 5 heteroatoms. The van der Waals surface area contributed by atoms with Crippen molar-refractivity contribution in [2.45, 2.75) is 0 Å². The summed E-state index contributed by atoms with van der Waals surface area (Å²) >= 11 is 0. The van der Waals surface area contributed by atoms with E-state index in [-0.39, 0.29) is 0 Å². The third-order valence-corrected chi connectivity index (χ3v) is 9.47. The lowest BCUT2D eigenvalue weighted by Crippen LogP contribution is -2.00. The maximum Gasteiger partial charge on any atom is 0.164 e. The van der Waals surface area contributed by atoms with Crippen LogP contribution in [0.4, 0.5) is 0 Å². The standard InChI is InChI=1S/C45H28N4O/c1-3-11-31(12-4-1)43-46-44(32-13-5-2-6-14-32)48-45(47-43)33-21-19-29(20-22-33)30-23-25-34(26-24-30)49-39-17-9-7-15-35(39)37-28-42-38(27-40(37)49)36-16-8-10-18-41(36)50-42/h1-28H. The van der Waals surface area contributed by atoms with Crippen LogP contribution in [0.5, 0.6) is 0 Å². The normalized spacial score (nSPS) is 11.6. The van der Waals surface area contributed by atoms with E-state index in [9.17, 15) is 0 Å². The molecule has 0 atom stereocenters. The van der Waals surface area contributed by atoms with E-state index in [0.717, 1.165) is 61.0 Å². The lowest BCUT2D eigenvalue weighted by atomic mass is 10.0. The number of furan rings is 1. The highest BCUT2D eigenvalue weighted by Gasteiger charge is 2.17. The van der Waals surface area contributed by atoms with Gasteiger partial charge in [-0.3, -0.25) is 0 Å². The molecule has 0 N–H and O–H groups in total. The zero-order chi connectivity index (χ0) is 33.0. The van der Waals surface area contributed by atoms with Gasteiger partial charge in [-0.15, -0.1) is 0 Å². The van der Waals surface area contributed by atoms with Gasteiger partial charge in [0.25, 0.3) is 0 Å². The molecular weight excluding hydrogens is 613 g/mol. The van der Waals surface area contributed by atoms with E-state index in [0.29, 0.717) is 17.5 Å². The van der Waals surface area contributed by atoms with E-state index < -0.39 is 0 Å². The molecule has 0 fully saturated rings. The first-order chi connectivity index (χ1) is 24.8. The molecule has 0 amide bonds. The van der Waals surface area contributed by atoms with Crippen LogP contribution in [-0.4, -0.2) is 19.5 Å². The van der Waals surface area contributed by atoms with E-state index >= 15 is 0 Å². The Morgan fingerprint density at radius 1 is 0.340 bits per heavy atom. The fourth-order valence-corrected chi connectivity index (χ4v) is 7.02. The Bertz CT molecular complexity index is 2780. The number of aromatic nitrogens is 4. The maximum atomic E-state index is 6.26. The van der Waals surface area contributed by atoms with Crippen LogP contribution in [-0.2, 0) is 0 Å². The third-order valence-electron chi connectivity index (χ3n) is 9.47. The molecule has 5 nitrogen and oxygen atoms in total. The number of nitrogens with zero attached hydrogens (tertiary/aromatic N) is 4. The Balaban J connectivity index is 1.03. The van der Waals surface area contributed by atoms with Crippen LogP contribution in [0.25, 0.3) is 94.7 Å².